The predicted octanol–water partition coefficient (Wildman–Crippen LogP) is 7.40. The minimum atomic E-state index is -4.52. The van der Waals surface area contributed by atoms with Gasteiger partial charge in [-0.25, -0.2) is 4.79 Å². The molecule has 4 rings (SSSR count). The smallest absolute Gasteiger partial charge is 0.416 e. The van der Waals surface area contributed by atoms with Crippen LogP contribution in [0.2, 0.25) is 0 Å². The van der Waals surface area contributed by atoms with E-state index in [1.807, 2.05) is 12.1 Å². The van der Waals surface area contributed by atoms with Crippen LogP contribution in [-0.4, -0.2) is 17.7 Å². The standard InChI is InChI=1S/C27H27F3O3/c1-17(24-8-4-6-19-5-2-3-7-25(19)24)11-18-9-10-20(12-18)21-13-22(27(28,29)30)15-23(14-21)33-16-26(31)32/h2-8,13-15,17-18,20H,9-12,16H2,1H3,(H,31,32)/t17-,18?,20+/m0/s1. The average molecular weight is 457 g/mol. The van der Waals surface area contributed by atoms with E-state index in [-0.39, 0.29) is 11.7 Å². The molecule has 0 spiro atoms. The second-order valence-electron chi connectivity index (χ2n) is 9.05. The van der Waals surface area contributed by atoms with Gasteiger partial charge in [0.25, 0.3) is 0 Å². The molecule has 1 aliphatic rings. The van der Waals surface area contributed by atoms with Gasteiger partial charge in [-0.15, -0.1) is 0 Å². The van der Waals surface area contributed by atoms with Crippen molar-refractivity contribution in [1.29, 1.82) is 0 Å². The van der Waals surface area contributed by atoms with E-state index in [9.17, 15) is 18.0 Å². The lowest BCUT2D eigenvalue weighted by atomic mass is 9.86. The summed E-state index contributed by atoms with van der Waals surface area (Å²) in [5, 5.41) is 11.3. The fourth-order valence-corrected chi connectivity index (χ4v) is 5.15. The Bertz CT molecular complexity index is 1130. The van der Waals surface area contributed by atoms with Crippen molar-refractivity contribution >= 4 is 16.7 Å². The van der Waals surface area contributed by atoms with Gasteiger partial charge in [0, 0.05) is 0 Å². The molecule has 0 saturated heterocycles. The van der Waals surface area contributed by atoms with E-state index in [4.69, 9.17) is 9.84 Å². The molecule has 3 aromatic rings. The summed E-state index contributed by atoms with van der Waals surface area (Å²) in [4.78, 5) is 10.8. The maximum absolute atomic E-state index is 13.4. The zero-order valence-corrected chi connectivity index (χ0v) is 18.4. The summed E-state index contributed by atoms with van der Waals surface area (Å²) in [7, 11) is 0. The molecule has 1 aliphatic carbocycles. The van der Waals surface area contributed by atoms with E-state index < -0.39 is 24.3 Å². The number of fused-ring (bicyclic) bond motifs is 1. The molecule has 3 nitrogen and oxygen atoms in total. The van der Waals surface area contributed by atoms with Crippen LogP contribution in [0.1, 0.15) is 61.1 Å². The van der Waals surface area contributed by atoms with E-state index in [2.05, 4.69) is 37.3 Å². The molecule has 1 fully saturated rings. The van der Waals surface area contributed by atoms with Gasteiger partial charge in [-0.3, -0.25) is 0 Å². The monoisotopic (exact) mass is 456 g/mol. The number of alkyl halides is 3. The highest BCUT2D eigenvalue weighted by atomic mass is 19.4. The molecular formula is C27H27F3O3. The number of carbonyl (C=O) groups is 1. The zero-order valence-electron chi connectivity index (χ0n) is 18.4. The third kappa shape index (κ3) is 5.49. The highest BCUT2D eigenvalue weighted by molar-refractivity contribution is 5.86. The lowest BCUT2D eigenvalue weighted by Gasteiger charge is -2.20. The number of hydrogen-bond acceptors (Lipinski definition) is 2. The second kappa shape index (κ2) is 9.46. The Labute approximate surface area is 191 Å². The maximum atomic E-state index is 13.4. The van der Waals surface area contributed by atoms with Crippen molar-refractivity contribution in [1.82, 2.24) is 0 Å². The number of ether oxygens (including phenoxy) is 1. The molecule has 0 radical (unpaired) electrons. The van der Waals surface area contributed by atoms with Gasteiger partial charge in [-0.05, 0) is 83.5 Å². The lowest BCUT2D eigenvalue weighted by Crippen LogP contribution is -2.12. The highest BCUT2D eigenvalue weighted by Crippen LogP contribution is 2.45. The van der Waals surface area contributed by atoms with Crippen molar-refractivity contribution in [3.8, 4) is 5.75 Å². The third-order valence-corrected chi connectivity index (χ3v) is 6.67. The van der Waals surface area contributed by atoms with Gasteiger partial charge >= 0.3 is 12.1 Å². The van der Waals surface area contributed by atoms with Gasteiger partial charge in [0.05, 0.1) is 5.56 Å². The Morgan fingerprint density at radius 3 is 2.61 bits per heavy atom. The van der Waals surface area contributed by atoms with Crippen LogP contribution < -0.4 is 4.74 Å². The Morgan fingerprint density at radius 1 is 1.09 bits per heavy atom. The van der Waals surface area contributed by atoms with Crippen LogP contribution in [0.15, 0.2) is 60.7 Å². The van der Waals surface area contributed by atoms with Gasteiger partial charge in [0.1, 0.15) is 5.75 Å². The van der Waals surface area contributed by atoms with Gasteiger partial charge in [0.2, 0.25) is 0 Å². The van der Waals surface area contributed by atoms with Crippen LogP contribution in [0.5, 0.6) is 5.75 Å². The normalized spacial score (nSPS) is 19.5. The largest absolute Gasteiger partial charge is 0.482 e. The zero-order chi connectivity index (χ0) is 23.6. The maximum Gasteiger partial charge on any atom is 0.416 e. The number of hydrogen-bond donors (Lipinski definition) is 1. The van der Waals surface area contributed by atoms with Gasteiger partial charge < -0.3 is 9.84 Å². The summed E-state index contributed by atoms with van der Waals surface area (Å²) >= 11 is 0. The number of rotatable bonds is 7. The number of carboxylic acid groups (broad SMARTS) is 1. The number of benzene rings is 3. The molecule has 1 saturated carbocycles. The van der Waals surface area contributed by atoms with Gasteiger partial charge in [-0.2, -0.15) is 13.2 Å². The SMILES string of the molecule is C[C@@H](CC1CC[C@@H](c2cc(OCC(=O)O)cc(C(F)(F)F)c2)C1)c1cccc2ccccc12. The summed E-state index contributed by atoms with van der Waals surface area (Å²) in [5.74, 6) is -0.506. The van der Waals surface area contributed by atoms with E-state index >= 15 is 0 Å². The van der Waals surface area contributed by atoms with E-state index in [0.29, 0.717) is 17.4 Å². The molecule has 3 atom stereocenters. The Kier molecular flexibility index (Phi) is 6.63. The van der Waals surface area contributed by atoms with Gasteiger partial charge in [0.15, 0.2) is 6.61 Å². The van der Waals surface area contributed by atoms with Crippen LogP contribution >= 0.6 is 0 Å². The fraction of sp³-hybridized carbons (Fsp3) is 0.370. The molecule has 0 heterocycles. The molecule has 0 aromatic heterocycles. The molecule has 3 aromatic carbocycles. The van der Waals surface area contributed by atoms with E-state index in [0.717, 1.165) is 31.7 Å². The first-order chi connectivity index (χ1) is 15.7. The fourth-order valence-electron chi connectivity index (χ4n) is 5.15. The highest BCUT2D eigenvalue weighted by Gasteiger charge is 2.34. The predicted molar refractivity (Wildman–Crippen MR) is 122 cm³/mol. The summed E-state index contributed by atoms with van der Waals surface area (Å²) in [6, 6.07) is 18.3. The molecule has 33 heavy (non-hydrogen) atoms. The molecule has 0 aliphatic heterocycles. The Balaban J connectivity index is 1.50. The van der Waals surface area contributed by atoms with Crippen molar-refractivity contribution in [2.24, 2.45) is 5.92 Å². The van der Waals surface area contributed by atoms with Crippen molar-refractivity contribution in [3.05, 3.63) is 77.4 Å². The lowest BCUT2D eigenvalue weighted by molar-refractivity contribution is -0.139. The van der Waals surface area contributed by atoms with Crippen LogP contribution in [0, 0.1) is 5.92 Å². The Morgan fingerprint density at radius 2 is 1.85 bits per heavy atom. The van der Waals surface area contributed by atoms with Crippen LogP contribution in [-0.2, 0) is 11.0 Å². The quantitative estimate of drug-likeness (QED) is 0.403. The summed E-state index contributed by atoms with van der Waals surface area (Å²) < 4.78 is 45.4. The molecule has 1 unspecified atom stereocenters. The number of aliphatic carboxylic acids is 1. The van der Waals surface area contributed by atoms with Crippen LogP contribution in [0.3, 0.4) is 0 Å². The minimum Gasteiger partial charge on any atom is -0.482 e. The molecule has 174 valence electrons. The summed E-state index contributed by atoms with van der Waals surface area (Å²) in [6.45, 7) is 1.55. The Hall–Kier alpha value is -3.02. The summed E-state index contributed by atoms with van der Waals surface area (Å²) in [5.41, 5.74) is 1.08. The number of carboxylic acids is 1. The second-order valence-corrected chi connectivity index (χ2v) is 9.05. The van der Waals surface area contributed by atoms with Crippen molar-refractivity contribution in [2.75, 3.05) is 6.61 Å². The number of halogens is 3. The topological polar surface area (TPSA) is 46.5 Å². The molecule has 1 N–H and O–H groups in total. The molecular weight excluding hydrogens is 429 g/mol. The van der Waals surface area contributed by atoms with Crippen molar-refractivity contribution in [3.63, 3.8) is 0 Å². The first-order valence-electron chi connectivity index (χ1n) is 11.2. The van der Waals surface area contributed by atoms with Gasteiger partial charge in [-0.1, -0.05) is 49.4 Å². The van der Waals surface area contributed by atoms with E-state index in [1.165, 1.54) is 22.4 Å². The van der Waals surface area contributed by atoms with E-state index in [1.54, 1.807) is 6.07 Å². The third-order valence-electron chi connectivity index (χ3n) is 6.67. The average Bonchev–Trinajstić information content (AvgIpc) is 3.25. The first kappa shape index (κ1) is 23.1. The first-order valence-corrected chi connectivity index (χ1v) is 11.2. The molecule has 0 bridgehead atoms. The van der Waals surface area contributed by atoms with Crippen LogP contribution in [0.4, 0.5) is 13.2 Å². The van der Waals surface area contributed by atoms with Crippen molar-refractivity contribution in [2.45, 2.75) is 50.6 Å². The molecule has 6 heteroatoms. The van der Waals surface area contributed by atoms with Crippen molar-refractivity contribution < 1.29 is 27.8 Å². The minimum absolute atomic E-state index is 0.00388. The van der Waals surface area contributed by atoms with Crippen LogP contribution in [0.25, 0.3) is 10.8 Å². The summed E-state index contributed by atoms with van der Waals surface area (Å²) in [6.07, 6.45) is -0.952. The molecule has 0 amide bonds.